The maximum atomic E-state index is 12.9. The Balaban J connectivity index is 1.72. The molecule has 1 aliphatic heterocycles. The number of benzene rings is 2. The van der Waals surface area contributed by atoms with Crippen molar-refractivity contribution in [3.05, 3.63) is 59.7 Å². The number of hydrogen-bond donors (Lipinski definition) is 1. The van der Waals surface area contributed by atoms with Crippen LogP contribution in [0.5, 0.6) is 0 Å². The van der Waals surface area contributed by atoms with E-state index >= 15 is 0 Å². The molecule has 2 aromatic rings. The molecule has 0 spiro atoms. The normalized spacial score (nSPS) is 14.1. The van der Waals surface area contributed by atoms with E-state index in [9.17, 15) is 13.2 Å². The molecule has 0 unspecified atom stereocenters. The second kappa shape index (κ2) is 9.52. The molecule has 29 heavy (non-hydrogen) atoms. The maximum Gasteiger partial charge on any atom is 0.258 e. The van der Waals surface area contributed by atoms with Gasteiger partial charge in [-0.05, 0) is 69.0 Å². The van der Waals surface area contributed by atoms with Crippen LogP contribution >= 0.6 is 0 Å². The molecule has 3 rings (SSSR count). The summed E-state index contributed by atoms with van der Waals surface area (Å²) in [7, 11) is -3.59. The van der Waals surface area contributed by atoms with Crippen LogP contribution in [0.25, 0.3) is 0 Å². The molecule has 0 saturated heterocycles. The summed E-state index contributed by atoms with van der Waals surface area (Å²) in [4.78, 5) is 14.8. The Morgan fingerprint density at radius 1 is 1.17 bits per heavy atom. The smallest absolute Gasteiger partial charge is 0.258 e. The Bertz CT molecular complexity index is 943. The maximum absolute atomic E-state index is 12.9. The van der Waals surface area contributed by atoms with Crippen LogP contribution in [0.4, 0.5) is 5.69 Å². The first-order valence-electron chi connectivity index (χ1n) is 9.99. The van der Waals surface area contributed by atoms with Gasteiger partial charge in [-0.3, -0.25) is 4.79 Å². The summed E-state index contributed by atoms with van der Waals surface area (Å²) >= 11 is 0. The highest BCUT2D eigenvalue weighted by molar-refractivity contribution is 7.89. The van der Waals surface area contributed by atoms with Gasteiger partial charge in [0.25, 0.3) is 5.91 Å². The van der Waals surface area contributed by atoms with Gasteiger partial charge in [-0.15, -0.1) is 0 Å². The molecule has 0 aliphatic carbocycles. The van der Waals surface area contributed by atoms with Crippen LogP contribution in [-0.4, -0.2) is 40.1 Å². The van der Waals surface area contributed by atoms with Crippen molar-refractivity contribution in [3.8, 4) is 0 Å². The molecule has 156 valence electrons. The average molecular weight is 417 g/mol. The third-order valence-electron chi connectivity index (χ3n) is 4.81. The molecule has 7 heteroatoms. The summed E-state index contributed by atoms with van der Waals surface area (Å²) in [6, 6.07) is 14.1. The van der Waals surface area contributed by atoms with Crippen LogP contribution < -0.4 is 9.62 Å². The molecule has 1 N–H and O–H groups in total. The van der Waals surface area contributed by atoms with Gasteiger partial charge in [-0.1, -0.05) is 18.2 Å². The van der Waals surface area contributed by atoms with Gasteiger partial charge in [-0.25, -0.2) is 13.1 Å². The SMILES string of the molecule is CC(C)OCCCNS(=O)(=O)c1ccc2c(c1)CCCN2C(=O)c1ccccc1. The second-order valence-electron chi connectivity index (χ2n) is 7.39. The van der Waals surface area contributed by atoms with Crippen molar-refractivity contribution in [2.45, 2.75) is 44.1 Å². The van der Waals surface area contributed by atoms with E-state index in [1.54, 1.807) is 35.2 Å². The summed E-state index contributed by atoms with van der Waals surface area (Å²) in [6.45, 7) is 5.36. The standard InChI is InChI=1S/C22H28N2O4S/c1-17(2)28-15-7-13-23-29(26,27)20-11-12-21-19(16-20)10-6-14-24(21)22(25)18-8-4-3-5-9-18/h3-5,8-9,11-12,16-17,23H,6-7,10,13-15H2,1-2H3. The topological polar surface area (TPSA) is 75.7 Å². The number of fused-ring (bicyclic) bond motifs is 1. The summed E-state index contributed by atoms with van der Waals surface area (Å²) in [6.07, 6.45) is 2.30. The molecule has 1 amide bonds. The molecular formula is C22H28N2O4S. The fourth-order valence-corrected chi connectivity index (χ4v) is 4.49. The Labute approximate surface area is 172 Å². The highest BCUT2D eigenvalue weighted by atomic mass is 32.2. The number of aryl methyl sites for hydroxylation is 1. The molecule has 1 heterocycles. The Kier molecular flexibility index (Phi) is 7.05. The molecular weight excluding hydrogens is 388 g/mol. The van der Waals surface area contributed by atoms with E-state index in [4.69, 9.17) is 4.74 Å². The quantitative estimate of drug-likeness (QED) is 0.670. The van der Waals surface area contributed by atoms with Crippen molar-refractivity contribution >= 4 is 21.6 Å². The first kappa shape index (κ1) is 21.5. The molecule has 0 aromatic heterocycles. The minimum atomic E-state index is -3.59. The summed E-state index contributed by atoms with van der Waals surface area (Å²) in [5.74, 6) is -0.0644. The van der Waals surface area contributed by atoms with Crippen molar-refractivity contribution < 1.29 is 17.9 Å². The number of sulfonamides is 1. The number of rotatable bonds is 8. The van der Waals surface area contributed by atoms with Gasteiger partial charge < -0.3 is 9.64 Å². The van der Waals surface area contributed by atoms with Gasteiger partial charge in [0.2, 0.25) is 10.0 Å². The van der Waals surface area contributed by atoms with Gasteiger partial charge >= 0.3 is 0 Å². The minimum Gasteiger partial charge on any atom is -0.379 e. The molecule has 0 bridgehead atoms. The fraction of sp³-hybridized carbons (Fsp3) is 0.409. The Hall–Kier alpha value is -2.22. The van der Waals surface area contributed by atoms with E-state index in [2.05, 4.69) is 4.72 Å². The number of hydrogen-bond acceptors (Lipinski definition) is 4. The van der Waals surface area contributed by atoms with E-state index in [1.165, 1.54) is 0 Å². The second-order valence-corrected chi connectivity index (χ2v) is 9.15. The average Bonchev–Trinajstić information content (AvgIpc) is 2.72. The third-order valence-corrected chi connectivity index (χ3v) is 6.27. The number of anilines is 1. The lowest BCUT2D eigenvalue weighted by Crippen LogP contribution is -2.35. The molecule has 1 aliphatic rings. The zero-order valence-corrected chi connectivity index (χ0v) is 17.7. The van der Waals surface area contributed by atoms with Gasteiger partial charge in [-0.2, -0.15) is 0 Å². The molecule has 6 nitrogen and oxygen atoms in total. The van der Waals surface area contributed by atoms with Gasteiger partial charge in [0.05, 0.1) is 11.0 Å². The van der Waals surface area contributed by atoms with E-state index in [-0.39, 0.29) is 16.9 Å². The lowest BCUT2D eigenvalue weighted by molar-refractivity contribution is 0.0778. The van der Waals surface area contributed by atoms with E-state index < -0.39 is 10.0 Å². The number of nitrogens with zero attached hydrogens (tertiary/aromatic N) is 1. The molecule has 0 fully saturated rings. The highest BCUT2D eigenvalue weighted by Crippen LogP contribution is 2.30. The number of ether oxygens (including phenoxy) is 1. The van der Waals surface area contributed by atoms with Crippen LogP contribution in [0.2, 0.25) is 0 Å². The minimum absolute atomic E-state index is 0.0644. The Morgan fingerprint density at radius 3 is 2.66 bits per heavy atom. The van der Waals surface area contributed by atoms with E-state index in [0.717, 1.165) is 24.1 Å². The molecule has 0 saturated carbocycles. The third kappa shape index (κ3) is 5.44. The predicted molar refractivity (Wildman–Crippen MR) is 114 cm³/mol. The molecule has 0 radical (unpaired) electrons. The summed E-state index contributed by atoms with van der Waals surface area (Å²) in [5, 5.41) is 0. The molecule has 0 atom stereocenters. The zero-order valence-electron chi connectivity index (χ0n) is 16.9. The van der Waals surface area contributed by atoms with Gasteiger partial charge in [0.1, 0.15) is 0 Å². The lowest BCUT2D eigenvalue weighted by Gasteiger charge is -2.30. The monoisotopic (exact) mass is 416 g/mol. The van der Waals surface area contributed by atoms with Crippen LogP contribution in [0, 0.1) is 0 Å². The van der Waals surface area contributed by atoms with E-state index in [0.29, 0.717) is 31.7 Å². The van der Waals surface area contributed by atoms with Crippen molar-refractivity contribution in [2.75, 3.05) is 24.6 Å². The first-order valence-corrected chi connectivity index (χ1v) is 11.5. The van der Waals surface area contributed by atoms with Crippen LogP contribution in [0.1, 0.15) is 42.6 Å². The van der Waals surface area contributed by atoms with Crippen LogP contribution in [0.15, 0.2) is 53.4 Å². The Morgan fingerprint density at radius 2 is 1.93 bits per heavy atom. The van der Waals surface area contributed by atoms with Crippen molar-refractivity contribution in [3.63, 3.8) is 0 Å². The van der Waals surface area contributed by atoms with Crippen LogP contribution in [0.3, 0.4) is 0 Å². The summed E-state index contributed by atoms with van der Waals surface area (Å²) < 4.78 is 33.3. The van der Waals surface area contributed by atoms with Crippen LogP contribution in [-0.2, 0) is 21.2 Å². The number of carbonyl (C=O) groups excluding carboxylic acids is 1. The molecule has 2 aromatic carbocycles. The number of amides is 1. The van der Waals surface area contributed by atoms with E-state index in [1.807, 2.05) is 32.0 Å². The fourth-order valence-electron chi connectivity index (χ4n) is 3.37. The predicted octanol–water partition coefficient (Wildman–Crippen LogP) is 3.37. The lowest BCUT2D eigenvalue weighted by atomic mass is 10.0. The highest BCUT2D eigenvalue weighted by Gasteiger charge is 2.25. The van der Waals surface area contributed by atoms with Gasteiger partial charge in [0.15, 0.2) is 0 Å². The summed E-state index contributed by atoms with van der Waals surface area (Å²) in [5.41, 5.74) is 2.29. The first-order chi connectivity index (χ1) is 13.9. The van der Waals surface area contributed by atoms with Gasteiger partial charge in [0, 0.05) is 30.9 Å². The van der Waals surface area contributed by atoms with Crippen molar-refractivity contribution in [2.24, 2.45) is 0 Å². The number of carbonyl (C=O) groups is 1. The zero-order chi connectivity index (χ0) is 20.9. The number of nitrogens with one attached hydrogen (secondary N) is 1. The largest absolute Gasteiger partial charge is 0.379 e. The van der Waals surface area contributed by atoms with Crippen molar-refractivity contribution in [1.29, 1.82) is 0 Å². The van der Waals surface area contributed by atoms with Crippen molar-refractivity contribution in [1.82, 2.24) is 4.72 Å².